The summed E-state index contributed by atoms with van der Waals surface area (Å²) in [5, 5.41) is 4.03. The third-order valence-electron chi connectivity index (χ3n) is 3.13. The van der Waals surface area contributed by atoms with Crippen LogP contribution in [0.1, 0.15) is 16.8 Å². The zero-order valence-electron chi connectivity index (χ0n) is 11.6. The Labute approximate surface area is 137 Å². The van der Waals surface area contributed by atoms with Crippen molar-refractivity contribution >= 4 is 39.9 Å². The number of methoxy groups -OCH3 is 1. The first kappa shape index (κ1) is 15.4. The number of benzene rings is 1. The Bertz CT molecular complexity index is 632. The predicted molar refractivity (Wildman–Crippen MR) is 91.8 cm³/mol. The Balaban J connectivity index is 2.19. The monoisotopic (exact) mass is 402 g/mol. The van der Waals surface area contributed by atoms with Crippen LogP contribution >= 0.6 is 34.2 Å². The van der Waals surface area contributed by atoms with E-state index in [-0.39, 0.29) is 0 Å². The van der Waals surface area contributed by atoms with E-state index in [1.807, 2.05) is 38.2 Å². The molecule has 2 rings (SSSR count). The number of aryl methyl sites for hydroxylation is 1. The molecule has 1 heterocycles. The molecule has 0 unspecified atom stereocenters. The van der Waals surface area contributed by atoms with E-state index in [0.717, 1.165) is 31.8 Å². The lowest BCUT2D eigenvalue weighted by Crippen LogP contribution is -2.06. The molecular weight excluding hydrogens is 387 g/mol. The number of anilines is 1. The molecule has 0 aliphatic carbocycles. The summed E-state index contributed by atoms with van der Waals surface area (Å²) in [6.45, 7) is 4.63. The molecule has 106 valence electrons. The zero-order chi connectivity index (χ0) is 14.7. The number of pyridine rings is 1. The van der Waals surface area contributed by atoms with Crippen LogP contribution in [0.15, 0.2) is 24.4 Å². The third kappa shape index (κ3) is 3.35. The Morgan fingerprint density at radius 3 is 2.75 bits per heavy atom. The molecule has 0 bridgehead atoms. The van der Waals surface area contributed by atoms with Crippen molar-refractivity contribution in [1.29, 1.82) is 0 Å². The number of aromatic nitrogens is 1. The fourth-order valence-electron chi connectivity index (χ4n) is 2.06. The molecule has 2 aromatic rings. The van der Waals surface area contributed by atoms with E-state index in [2.05, 4.69) is 32.9 Å². The van der Waals surface area contributed by atoms with Crippen molar-refractivity contribution in [1.82, 2.24) is 4.98 Å². The minimum atomic E-state index is 0.614. The number of nitrogens with zero attached hydrogens (tertiary/aromatic N) is 1. The van der Waals surface area contributed by atoms with Crippen LogP contribution in [0, 0.1) is 17.4 Å². The van der Waals surface area contributed by atoms with Crippen molar-refractivity contribution in [2.75, 3.05) is 12.4 Å². The molecule has 1 aromatic heterocycles. The van der Waals surface area contributed by atoms with Crippen LogP contribution in [-0.4, -0.2) is 12.1 Å². The first-order valence-electron chi connectivity index (χ1n) is 6.21. The fourth-order valence-corrected chi connectivity index (χ4v) is 2.98. The number of nitrogens with one attached hydrogen (secondary N) is 1. The Hall–Kier alpha value is -1.01. The van der Waals surface area contributed by atoms with E-state index in [1.165, 1.54) is 0 Å². The first-order chi connectivity index (χ1) is 9.52. The normalized spacial score (nSPS) is 10.4. The third-order valence-corrected chi connectivity index (χ3v) is 4.11. The van der Waals surface area contributed by atoms with Gasteiger partial charge in [0.05, 0.1) is 30.1 Å². The van der Waals surface area contributed by atoms with E-state index < -0.39 is 0 Å². The van der Waals surface area contributed by atoms with Gasteiger partial charge in [0.1, 0.15) is 5.75 Å². The number of halogens is 2. The van der Waals surface area contributed by atoms with E-state index in [0.29, 0.717) is 11.6 Å². The number of hydrogen-bond donors (Lipinski definition) is 1. The second kappa shape index (κ2) is 6.63. The lowest BCUT2D eigenvalue weighted by atomic mass is 10.1. The summed E-state index contributed by atoms with van der Waals surface area (Å²) in [5.41, 5.74) is 3.97. The Morgan fingerprint density at radius 2 is 2.10 bits per heavy atom. The summed E-state index contributed by atoms with van der Waals surface area (Å²) in [7, 11) is 1.68. The van der Waals surface area contributed by atoms with Crippen LogP contribution < -0.4 is 10.1 Å². The van der Waals surface area contributed by atoms with Gasteiger partial charge in [-0.25, -0.2) is 0 Å². The molecule has 0 saturated carbocycles. The highest BCUT2D eigenvalue weighted by Crippen LogP contribution is 2.27. The van der Waals surface area contributed by atoms with Crippen molar-refractivity contribution < 1.29 is 4.74 Å². The maximum atomic E-state index is 6.21. The minimum absolute atomic E-state index is 0.614. The summed E-state index contributed by atoms with van der Waals surface area (Å²) < 4.78 is 6.53. The van der Waals surface area contributed by atoms with Gasteiger partial charge >= 0.3 is 0 Å². The molecule has 0 aliphatic heterocycles. The minimum Gasteiger partial charge on any atom is -0.496 e. The number of hydrogen-bond acceptors (Lipinski definition) is 3. The van der Waals surface area contributed by atoms with Crippen LogP contribution in [0.25, 0.3) is 0 Å². The van der Waals surface area contributed by atoms with Crippen LogP contribution in [0.5, 0.6) is 5.75 Å². The average molecular weight is 403 g/mol. The van der Waals surface area contributed by atoms with E-state index >= 15 is 0 Å². The van der Waals surface area contributed by atoms with Gasteiger partial charge in [0, 0.05) is 20.9 Å². The maximum Gasteiger partial charge on any atom is 0.128 e. The molecular formula is C15H16ClIN2O. The van der Waals surface area contributed by atoms with Gasteiger partial charge in [0.2, 0.25) is 0 Å². The molecule has 0 radical (unpaired) electrons. The molecule has 5 heteroatoms. The molecule has 1 N–H and O–H groups in total. The lowest BCUT2D eigenvalue weighted by molar-refractivity contribution is 0.407. The van der Waals surface area contributed by atoms with Crippen LogP contribution in [0.2, 0.25) is 5.02 Å². The standard InChI is InChI=1S/C15H16ClIN2O/c1-9-7-18-14(10(2)15(9)20-3)8-19-13-5-4-11(17)6-12(13)16/h4-7,19H,8H2,1-3H3. The molecule has 20 heavy (non-hydrogen) atoms. The van der Waals surface area contributed by atoms with Crippen LogP contribution in [0.4, 0.5) is 5.69 Å². The van der Waals surface area contributed by atoms with Gasteiger partial charge < -0.3 is 10.1 Å². The van der Waals surface area contributed by atoms with Crippen molar-refractivity contribution in [3.05, 3.63) is 49.8 Å². The van der Waals surface area contributed by atoms with Gasteiger partial charge in [0.15, 0.2) is 0 Å². The second-order valence-corrected chi connectivity index (χ2v) is 6.18. The van der Waals surface area contributed by atoms with Crippen molar-refractivity contribution in [3.8, 4) is 5.75 Å². The second-order valence-electron chi connectivity index (χ2n) is 4.52. The van der Waals surface area contributed by atoms with E-state index in [9.17, 15) is 0 Å². The SMILES string of the molecule is COc1c(C)cnc(CNc2ccc(I)cc2Cl)c1C. The molecule has 3 nitrogen and oxygen atoms in total. The van der Waals surface area contributed by atoms with Gasteiger partial charge in [-0.05, 0) is 54.6 Å². The zero-order valence-corrected chi connectivity index (χ0v) is 14.5. The summed E-state index contributed by atoms with van der Waals surface area (Å²) in [5.74, 6) is 0.894. The highest BCUT2D eigenvalue weighted by Gasteiger charge is 2.09. The van der Waals surface area contributed by atoms with Crippen molar-refractivity contribution in [2.24, 2.45) is 0 Å². The predicted octanol–water partition coefficient (Wildman–Crippen LogP) is 4.58. The Kier molecular flexibility index (Phi) is 5.10. The van der Waals surface area contributed by atoms with Gasteiger partial charge in [-0.3, -0.25) is 4.98 Å². The molecule has 0 aliphatic rings. The fraction of sp³-hybridized carbons (Fsp3) is 0.267. The highest BCUT2D eigenvalue weighted by molar-refractivity contribution is 14.1. The van der Waals surface area contributed by atoms with Crippen molar-refractivity contribution in [3.63, 3.8) is 0 Å². The molecule has 0 fully saturated rings. The first-order valence-corrected chi connectivity index (χ1v) is 7.66. The Morgan fingerprint density at radius 1 is 1.35 bits per heavy atom. The summed E-state index contributed by atoms with van der Waals surface area (Å²) in [4.78, 5) is 4.46. The summed E-state index contributed by atoms with van der Waals surface area (Å²) in [6.07, 6.45) is 1.83. The maximum absolute atomic E-state index is 6.21. The topological polar surface area (TPSA) is 34.1 Å². The molecule has 0 atom stereocenters. The van der Waals surface area contributed by atoms with Crippen LogP contribution in [0.3, 0.4) is 0 Å². The molecule has 0 amide bonds. The molecule has 0 saturated heterocycles. The summed E-state index contributed by atoms with van der Waals surface area (Å²) >= 11 is 8.45. The molecule has 0 spiro atoms. The average Bonchev–Trinajstić information content (AvgIpc) is 2.40. The van der Waals surface area contributed by atoms with Gasteiger partial charge in [0.25, 0.3) is 0 Å². The van der Waals surface area contributed by atoms with E-state index in [1.54, 1.807) is 7.11 Å². The van der Waals surface area contributed by atoms with E-state index in [4.69, 9.17) is 16.3 Å². The molecule has 1 aromatic carbocycles. The van der Waals surface area contributed by atoms with Gasteiger partial charge in [-0.1, -0.05) is 11.6 Å². The quantitative estimate of drug-likeness (QED) is 0.760. The van der Waals surface area contributed by atoms with Gasteiger partial charge in [-0.2, -0.15) is 0 Å². The summed E-state index contributed by atoms with van der Waals surface area (Å²) in [6, 6.07) is 5.93. The van der Waals surface area contributed by atoms with Gasteiger partial charge in [-0.15, -0.1) is 0 Å². The van der Waals surface area contributed by atoms with Crippen molar-refractivity contribution in [2.45, 2.75) is 20.4 Å². The smallest absolute Gasteiger partial charge is 0.128 e. The largest absolute Gasteiger partial charge is 0.496 e. The number of rotatable bonds is 4. The lowest BCUT2D eigenvalue weighted by Gasteiger charge is -2.14. The number of ether oxygens (including phenoxy) is 1. The highest BCUT2D eigenvalue weighted by atomic mass is 127. The van der Waals surface area contributed by atoms with Crippen LogP contribution in [-0.2, 0) is 6.54 Å².